The van der Waals surface area contributed by atoms with Gasteiger partial charge >= 0.3 is 0 Å². The van der Waals surface area contributed by atoms with Gasteiger partial charge in [-0.2, -0.15) is 0 Å². The molecule has 2 heteroatoms. The Bertz CT molecular complexity index is 327. The third-order valence-electron chi connectivity index (χ3n) is 3.48. The van der Waals surface area contributed by atoms with E-state index in [0.29, 0.717) is 0 Å². The summed E-state index contributed by atoms with van der Waals surface area (Å²) in [5.74, 6) is 0.861. The molecular weight excluding hydrogens is 212 g/mol. The lowest BCUT2D eigenvalue weighted by Crippen LogP contribution is -2.06. The van der Waals surface area contributed by atoms with Crippen LogP contribution in [-0.2, 0) is 11.2 Å². The van der Waals surface area contributed by atoms with E-state index in [2.05, 4.69) is 31.2 Å². The van der Waals surface area contributed by atoms with E-state index in [9.17, 15) is 0 Å². The Labute approximate surface area is 104 Å². The third kappa shape index (κ3) is 4.22. The van der Waals surface area contributed by atoms with Gasteiger partial charge in [-0.25, -0.2) is 0 Å². The van der Waals surface area contributed by atoms with Gasteiger partial charge in [-0.1, -0.05) is 50.5 Å². The standard InChI is InChI=1S/C14H20.CH2O2/c1-2-12-8-6-7-11-14(12)13-9-4-3-5-10-13;2-1-3/h6-8,11,13H,2-5,9-10H2,1H3;1H,(H,2,3). The van der Waals surface area contributed by atoms with Crippen molar-refractivity contribution in [1.82, 2.24) is 0 Å². The number of hydrogen-bond acceptors (Lipinski definition) is 1. The highest BCUT2D eigenvalue weighted by molar-refractivity contribution is 5.32. The van der Waals surface area contributed by atoms with Gasteiger partial charge in [0.1, 0.15) is 0 Å². The van der Waals surface area contributed by atoms with Crippen LogP contribution in [0.1, 0.15) is 56.1 Å². The van der Waals surface area contributed by atoms with E-state index in [-0.39, 0.29) is 6.47 Å². The molecule has 0 saturated heterocycles. The minimum absolute atomic E-state index is 0.250. The summed E-state index contributed by atoms with van der Waals surface area (Å²) < 4.78 is 0. The van der Waals surface area contributed by atoms with E-state index in [1.165, 1.54) is 38.5 Å². The number of rotatable bonds is 2. The molecule has 0 atom stereocenters. The molecule has 1 saturated carbocycles. The van der Waals surface area contributed by atoms with E-state index in [0.717, 1.165) is 5.92 Å². The molecule has 2 rings (SSSR count). The van der Waals surface area contributed by atoms with Crippen LogP contribution in [0.25, 0.3) is 0 Å². The SMILES string of the molecule is CCc1ccccc1C1CCCCC1.O=CO. The van der Waals surface area contributed by atoms with Gasteiger partial charge in [0.15, 0.2) is 0 Å². The van der Waals surface area contributed by atoms with Crippen molar-refractivity contribution in [3.8, 4) is 0 Å². The van der Waals surface area contributed by atoms with Crippen LogP contribution in [0.2, 0.25) is 0 Å². The maximum absolute atomic E-state index is 8.36. The molecule has 1 aromatic rings. The molecule has 1 aliphatic carbocycles. The van der Waals surface area contributed by atoms with Crippen molar-refractivity contribution in [3.63, 3.8) is 0 Å². The van der Waals surface area contributed by atoms with Crippen LogP contribution in [0, 0.1) is 0 Å². The zero-order valence-corrected chi connectivity index (χ0v) is 10.6. The first-order valence-electron chi connectivity index (χ1n) is 6.49. The molecule has 0 bridgehead atoms. The van der Waals surface area contributed by atoms with Crippen molar-refractivity contribution >= 4 is 6.47 Å². The molecule has 1 aliphatic rings. The van der Waals surface area contributed by atoms with Gasteiger partial charge in [-0.05, 0) is 36.3 Å². The second kappa shape index (κ2) is 7.88. The van der Waals surface area contributed by atoms with Crippen molar-refractivity contribution in [2.75, 3.05) is 0 Å². The molecule has 2 nitrogen and oxygen atoms in total. The van der Waals surface area contributed by atoms with E-state index < -0.39 is 0 Å². The second-order valence-corrected chi connectivity index (χ2v) is 4.49. The molecule has 1 aromatic carbocycles. The number of carbonyl (C=O) groups is 1. The van der Waals surface area contributed by atoms with Gasteiger partial charge in [-0.3, -0.25) is 4.79 Å². The largest absolute Gasteiger partial charge is 0.483 e. The maximum Gasteiger partial charge on any atom is 0.290 e. The summed E-state index contributed by atoms with van der Waals surface area (Å²) in [4.78, 5) is 8.36. The molecule has 0 spiro atoms. The Morgan fingerprint density at radius 3 is 2.41 bits per heavy atom. The van der Waals surface area contributed by atoms with Gasteiger partial charge in [0, 0.05) is 0 Å². The Balaban J connectivity index is 0.000000437. The number of aryl methyl sites for hydroxylation is 1. The Morgan fingerprint density at radius 1 is 1.24 bits per heavy atom. The fourth-order valence-electron chi connectivity index (χ4n) is 2.67. The van der Waals surface area contributed by atoms with Crippen molar-refractivity contribution < 1.29 is 9.90 Å². The fourth-order valence-corrected chi connectivity index (χ4v) is 2.67. The average molecular weight is 234 g/mol. The molecule has 0 radical (unpaired) electrons. The van der Waals surface area contributed by atoms with Crippen LogP contribution in [0.15, 0.2) is 24.3 Å². The Morgan fingerprint density at radius 2 is 1.82 bits per heavy atom. The third-order valence-corrected chi connectivity index (χ3v) is 3.48. The first-order chi connectivity index (χ1) is 8.33. The summed E-state index contributed by atoms with van der Waals surface area (Å²) in [6, 6.07) is 9.01. The molecule has 1 fully saturated rings. The molecule has 0 unspecified atom stereocenters. The zero-order chi connectivity index (χ0) is 12.5. The van der Waals surface area contributed by atoms with E-state index in [1.807, 2.05) is 0 Å². The van der Waals surface area contributed by atoms with Crippen LogP contribution in [0.4, 0.5) is 0 Å². The van der Waals surface area contributed by atoms with Gasteiger partial charge in [0.2, 0.25) is 0 Å². The smallest absolute Gasteiger partial charge is 0.290 e. The van der Waals surface area contributed by atoms with Gasteiger partial charge in [0.05, 0.1) is 0 Å². The summed E-state index contributed by atoms with van der Waals surface area (Å²) in [6.07, 6.45) is 8.33. The first kappa shape index (κ1) is 13.8. The van der Waals surface area contributed by atoms with Crippen molar-refractivity contribution in [2.24, 2.45) is 0 Å². The Hall–Kier alpha value is -1.31. The van der Waals surface area contributed by atoms with Crippen molar-refractivity contribution in [1.29, 1.82) is 0 Å². The molecule has 17 heavy (non-hydrogen) atoms. The van der Waals surface area contributed by atoms with Crippen LogP contribution in [0.3, 0.4) is 0 Å². The normalized spacial score (nSPS) is 15.8. The maximum atomic E-state index is 8.36. The highest BCUT2D eigenvalue weighted by atomic mass is 16.3. The monoisotopic (exact) mass is 234 g/mol. The lowest BCUT2D eigenvalue weighted by atomic mass is 9.82. The minimum Gasteiger partial charge on any atom is -0.483 e. The first-order valence-corrected chi connectivity index (χ1v) is 6.49. The number of benzene rings is 1. The highest BCUT2D eigenvalue weighted by Crippen LogP contribution is 2.34. The van der Waals surface area contributed by atoms with E-state index in [4.69, 9.17) is 9.90 Å². The number of hydrogen-bond donors (Lipinski definition) is 1. The van der Waals surface area contributed by atoms with Crippen LogP contribution < -0.4 is 0 Å². The molecule has 0 amide bonds. The lowest BCUT2D eigenvalue weighted by molar-refractivity contribution is -0.122. The summed E-state index contributed by atoms with van der Waals surface area (Å²) >= 11 is 0. The van der Waals surface area contributed by atoms with Crippen molar-refractivity contribution in [2.45, 2.75) is 51.4 Å². The minimum atomic E-state index is -0.250. The van der Waals surface area contributed by atoms with Crippen LogP contribution in [0.5, 0.6) is 0 Å². The fraction of sp³-hybridized carbons (Fsp3) is 0.533. The number of carboxylic acid groups (broad SMARTS) is 1. The summed E-state index contributed by atoms with van der Waals surface area (Å²) in [5, 5.41) is 6.89. The van der Waals surface area contributed by atoms with Gasteiger partial charge < -0.3 is 5.11 Å². The topological polar surface area (TPSA) is 37.3 Å². The predicted octanol–water partition coefficient (Wildman–Crippen LogP) is 4.00. The molecule has 0 aromatic heterocycles. The van der Waals surface area contributed by atoms with Gasteiger partial charge in [0.25, 0.3) is 6.47 Å². The van der Waals surface area contributed by atoms with E-state index in [1.54, 1.807) is 11.1 Å². The van der Waals surface area contributed by atoms with E-state index >= 15 is 0 Å². The predicted molar refractivity (Wildman–Crippen MR) is 70.3 cm³/mol. The van der Waals surface area contributed by atoms with Crippen molar-refractivity contribution in [3.05, 3.63) is 35.4 Å². The summed E-state index contributed by atoms with van der Waals surface area (Å²) in [6.45, 7) is 2.02. The highest BCUT2D eigenvalue weighted by Gasteiger charge is 2.16. The molecule has 1 N–H and O–H groups in total. The molecule has 94 valence electrons. The molecular formula is C15H22O2. The van der Waals surface area contributed by atoms with Crippen LogP contribution in [-0.4, -0.2) is 11.6 Å². The lowest BCUT2D eigenvalue weighted by Gasteiger charge is -2.24. The quantitative estimate of drug-likeness (QED) is 0.785. The van der Waals surface area contributed by atoms with Gasteiger partial charge in [-0.15, -0.1) is 0 Å². The molecule has 0 aliphatic heterocycles. The molecule has 0 heterocycles. The summed E-state index contributed by atoms with van der Waals surface area (Å²) in [5.41, 5.74) is 3.20. The van der Waals surface area contributed by atoms with Crippen LogP contribution >= 0.6 is 0 Å². The Kier molecular flexibility index (Phi) is 6.38. The second-order valence-electron chi connectivity index (χ2n) is 4.49. The zero-order valence-electron chi connectivity index (χ0n) is 10.6. The summed E-state index contributed by atoms with van der Waals surface area (Å²) in [7, 11) is 0. The average Bonchev–Trinajstić information content (AvgIpc) is 2.40.